The topological polar surface area (TPSA) is 37.8 Å². The molecule has 0 saturated carbocycles. The maximum atomic E-state index is 6.05. The molecule has 102 valence electrons. The van der Waals surface area contributed by atoms with E-state index >= 15 is 0 Å². The van der Waals surface area contributed by atoms with E-state index in [1.165, 1.54) is 10.4 Å². The van der Waals surface area contributed by atoms with Crippen LogP contribution in [0.5, 0.6) is 0 Å². The van der Waals surface area contributed by atoms with E-state index in [0.717, 1.165) is 27.4 Å². The molecule has 0 aliphatic carbocycles. The second kappa shape index (κ2) is 5.04. The Morgan fingerprint density at radius 2 is 1.95 bits per heavy atom. The van der Waals surface area contributed by atoms with Crippen molar-refractivity contribution >= 4 is 39.7 Å². The first-order valence-corrected chi connectivity index (χ1v) is 7.50. The van der Waals surface area contributed by atoms with Crippen molar-refractivity contribution in [3.8, 4) is 10.7 Å². The quantitative estimate of drug-likeness (QED) is 0.747. The number of fused-ring (bicyclic) bond motifs is 1. The molecule has 3 rings (SSSR count). The zero-order valence-corrected chi connectivity index (χ0v) is 13.1. The summed E-state index contributed by atoms with van der Waals surface area (Å²) in [6, 6.07) is 7.80. The highest BCUT2D eigenvalue weighted by atomic mass is 35.5. The minimum Gasteiger partial charge on any atom is -0.373 e. The number of nitrogens with zero attached hydrogens (tertiary/aromatic N) is 2. The molecular formula is C15H14ClN3S. The average molecular weight is 304 g/mol. The number of rotatable bonds is 2. The zero-order valence-electron chi connectivity index (χ0n) is 11.5. The molecule has 3 nitrogen and oxygen atoms in total. The lowest BCUT2D eigenvalue weighted by Gasteiger charge is -2.07. The molecule has 2 heterocycles. The SMILES string of the molecule is CNc1nc(-c2cc(C)c(C)s2)nc2ccc(Cl)cc12. The lowest BCUT2D eigenvalue weighted by Crippen LogP contribution is -1.98. The second-order valence-electron chi connectivity index (χ2n) is 4.66. The third kappa shape index (κ3) is 2.25. The van der Waals surface area contributed by atoms with Gasteiger partial charge < -0.3 is 5.32 Å². The molecule has 0 radical (unpaired) electrons. The molecule has 0 fully saturated rings. The third-order valence-corrected chi connectivity index (χ3v) is 4.66. The van der Waals surface area contributed by atoms with Crippen LogP contribution in [0.3, 0.4) is 0 Å². The molecule has 0 bridgehead atoms. The highest BCUT2D eigenvalue weighted by Crippen LogP contribution is 2.32. The van der Waals surface area contributed by atoms with Crippen LogP contribution in [0.1, 0.15) is 10.4 Å². The summed E-state index contributed by atoms with van der Waals surface area (Å²) in [6.07, 6.45) is 0. The number of aromatic nitrogens is 2. The van der Waals surface area contributed by atoms with Gasteiger partial charge in [0.05, 0.1) is 10.4 Å². The molecular weight excluding hydrogens is 290 g/mol. The first-order chi connectivity index (χ1) is 9.58. The van der Waals surface area contributed by atoms with Gasteiger partial charge in [-0.25, -0.2) is 9.97 Å². The van der Waals surface area contributed by atoms with Gasteiger partial charge >= 0.3 is 0 Å². The molecule has 5 heteroatoms. The zero-order chi connectivity index (χ0) is 14.3. The predicted octanol–water partition coefficient (Wildman–Crippen LogP) is 4.67. The van der Waals surface area contributed by atoms with Crippen molar-refractivity contribution in [3.63, 3.8) is 0 Å². The van der Waals surface area contributed by atoms with E-state index in [2.05, 4.69) is 35.2 Å². The Morgan fingerprint density at radius 1 is 1.15 bits per heavy atom. The molecule has 20 heavy (non-hydrogen) atoms. The fourth-order valence-electron chi connectivity index (χ4n) is 2.08. The summed E-state index contributed by atoms with van der Waals surface area (Å²) in [5, 5.41) is 4.75. The van der Waals surface area contributed by atoms with Crippen LogP contribution < -0.4 is 5.32 Å². The summed E-state index contributed by atoms with van der Waals surface area (Å²) in [5.74, 6) is 1.56. The van der Waals surface area contributed by atoms with E-state index in [1.807, 2.05) is 25.2 Å². The number of nitrogens with one attached hydrogen (secondary N) is 1. The molecule has 0 amide bonds. The molecule has 0 aliphatic heterocycles. The van der Waals surface area contributed by atoms with Gasteiger partial charge in [0.25, 0.3) is 0 Å². The van der Waals surface area contributed by atoms with Crippen LogP contribution in [0.2, 0.25) is 5.02 Å². The number of aryl methyl sites for hydroxylation is 2. The van der Waals surface area contributed by atoms with Crippen molar-refractivity contribution in [3.05, 3.63) is 39.7 Å². The number of halogens is 1. The van der Waals surface area contributed by atoms with Gasteiger partial charge in [0.15, 0.2) is 5.82 Å². The normalized spacial score (nSPS) is 11.0. The summed E-state index contributed by atoms with van der Waals surface area (Å²) < 4.78 is 0. The Balaban J connectivity index is 2.25. The Bertz CT molecular complexity index is 776. The predicted molar refractivity (Wildman–Crippen MR) is 86.9 cm³/mol. The summed E-state index contributed by atoms with van der Waals surface area (Å²) in [5.41, 5.74) is 2.17. The van der Waals surface area contributed by atoms with Crippen molar-refractivity contribution in [1.29, 1.82) is 0 Å². The fourth-order valence-corrected chi connectivity index (χ4v) is 3.22. The van der Waals surface area contributed by atoms with Crippen LogP contribution in [0.4, 0.5) is 5.82 Å². The summed E-state index contributed by atoms with van der Waals surface area (Å²) >= 11 is 7.77. The van der Waals surface area contributed by atoms with Crippen molar-refractivity contribution in [2.24, 2.45) is 0 Å². The molecule has 0 saturated heterocycles. The van der Waals surface area contributed by atoms with Gasteiger partial charge in [-0.15, -0.1) is 11.3 Å². The Morgan fingerprint density at radius 3 is 2.60 bits per heavy atom. The lowest BCUT2D eigenvalue weighted by molar-refractivity contribution is 1.22. The summed E-state index contributed by atoms with van der Waals surface area (Å²) in [7, 11) is 1.86. The van der Waals surface area contributed by atoms with Crippen molar-refractivity contribution < 1.29 is 0 Å². The van der Waals surface area contributed by atoms with Gasteiger partial charge in [-0.05, 0) is 43.7 Å². The Hall–Kier alpha value is -1.65. The molecule has 0 atom stereocenters. The standard InChI is InChI=1S/C15H14ClN3S/c1-8-6-13(20-9(8)2)15-18-12-5-4-10(16)7-11(12)14(17-3)19-15/h4-7H,1-3H3,(H,17,18,19). The molecule has 0 spiro atoms. The van der Waals surface area contributed by atoms with E-state index in [-0.39, 0.29) is 0 Å². The highest BCUT2D eigenvalue weighted by Gasteiger charge is 2.11. The second-order valence-corrected chi connectivity index (χ2v) is 6.35. The van der Waals surface area contributed by atoms with E-state index in [1.54, 1.807) is 11.3 Å². The largest absolute Gasteiger partial charge is 0.373 e. The number of hydrogen-bond donors (Lipinski definition) is 1. The maximum Gasteiger partial charge on any atom is 0.172 e. The number of benzene rings is 1. The fraction of sp³-hybridized carbons (Fsp3) is 0.200. The minimum atomic E-state index is 0.688. The lowest BCUT2D eigenvalue weighted by atomic mass is 10.2. The van der Waals surface area contributed by atoms with Crippen LogP contribution in [0, 0.1) is 13.8 Å². The number of anilines is 1. The Labute approximate surface area is 126 Å². The summed E-state index contributed by atoms with van der Waals surface area (Å²) in [4.78, 5) is 11.7. The minimum absolute atomic E-state index is 0.688. The summed E-state index contributed by atoms with van der Waals surface area (Å²) in [6.45, 7) is 4.22. The van der Waals surface area contributed by atoms with Gasteiger partial charge in [0, 0.05) is 22.3 Å². The van der Waals surface area contributed by atoms with Gasteiger partial charge in [-0.3, -0.25) is 0 Å². The van der Waals surface area contributed by atoms with Crippen LogP contribution >= 0.6 is 22.9 Å². The number of thiophene rings is 1. The number of hydrogen-bond acceptors (Lipinski definition) is 4. The monoisotopic (exact) mass is 303 g/mol. The van der Waals surface area contributed by atoms with Crippen LogP contribution in [0.15, 0.2) is 24.3 Å². The first-order valence-electron chi connectivity index (χ1n) is 6.31. The molecule has 1 aromatic carbocycles. The average Bonchev–Trinajstić information content (AvgIpc) is 2.77. The van der Waals surface area contributed by atoms with E-state index < -0.39 is 0 Å². The molecule has 0 unspecified atom stereocenters. The Kier molecular flexibility index (Phi) is 3.36. The van der Waals surface area contributed by atoms with E-state index in [4.69, 9.17) is 11.6 Å². The molecule has 0 aliphatic rings. The molecule has 1 N–H and O–H groups in total. The van der Waals surface area contributed by atoms with Crippen LogP contribution in [-0.2, 0) is 0 Å². The van der Waals surface area contributed by atoms with Crippen molar-refractivity contribution in [2.45, 2.75) is 13.8 Å². The van der Waals surface area contributed by atoms with E-state index in [9.17, 15) is 0 Å². The van der Waals surface area contributed by atoms with E-state index in [0.29, 0.717) is 5.02 Å². The van der Waals surface area contributed by atoms with Crippen LogP contribution in [0.25, 0.3) is 21.6 Å². The van der Waals surface area contributed by atoms with Gasteiger partial charge in [-0.1, -0.05) is 11.6 Å². The van der Waals surface area contributed by atoms with Gasteiger partial charge in [-0.2, -0.15) is 0 Å². The first kappa shape index (κ1) is 13.3. The molecule has 2 aromatic heterocycles. The van der Waals surface area contributed by atoms with Crippen molar-refractivity contribution in [1.82, 2.24) is 9.97 Å². The maximum absolute atomic E-state index is 6.05. The smallest absolute Gasteiger partial charge is 0.172 e. The highest BCUT2D eigenvalue weighted by molar-refractivity contribution is 7.15. The third-order valence-electron chi connectivity index (χ3n) is 3.28. The van der Waals surface area contributed by atoms with Gasteiger partial charge in [0.1, 0.15) is 5.82 Å². The van der Waals surface area contributed by atoms with Gasteiger partial charge in [0.2, 0.25) is 0 Å². The van der Waals surface area contributed by atoms with Crippen molar-refractivity contribution in [2.75, 3.05) is 12.4 Å². The molecule has 3 aromatic rings. The van der Waals surface area contributed by atoms with Crippen LogP contribution in [-0.4, -0.2) is 17.0 Å².